The molecular formula is C19H29NO2. The van der Waals surface area contributed by atoms with Crippen molar-refractivity contribution in [1.82, 2.24) is 5.32 Å². The molecule has 0 saturated heterocycles. The number of amides is 1. The molecule has 1 aromatic rings. The van der Waals surface area contributed by atoms with E-state index in [1.54, 1.807) is 7.11 Å². The van der Waals surface area contributed by atoms with Gasteiger partial charge in [0.05, 0.1) is 7.11 Å². The molecule has 3 heteroatoms. The molecule has 1 aliphatic rings. The SMILES string of the molecule is CCCCC1CCCC1NC(=O)CCc1ccccc1OC. The van der Waals surface area contributed by atoms with Crippen molar-refractivity contribution in [1.29, 1.82) is 0 Å². The number of carbonyl (C=O) groups is 1. The number of hydrogen-bond donors (Lipinski definition) is 1. The van der Waals surface area contributed by atoms with Crippen LogP contribution in [0.1, 0.15) is 57.4 Å². The Morgan fingerprint density at radius 3 is 2.91 bits per heavy atom. The zero-order valence-electron chi connectivity index (χ0n) is 13.9. The second-order valence-electron chi connectivity index (χ2n) is 6.32. The molecule has 1 amide bonds. The van der Waals surface area contributed by atoms with Crippen LogP contribution in [0.15, 0.2) is 24.3 Å². The lowest BCUT2D eigenvalue weighted by molar-refractivity contribution is -0.122. The minimum absolute atomic E-state index is 0.180. The zero-order valence-corrected chi connectivity index (χ0v) is 13.9. The Hall–Kier alpha value is -1.51. The van der Waals surface area contributed by atoms with Crippen LogP contribution >= 0.6 is 0 Å². The average Bonchev–Trinajstić information content (AvgIpc) is 2.98. The van der Waals surface area contributed by atoms with Gasteiger partial charge in [-0.15, -0.1) is 0 Å². The van der Waals surface area contributed by atoms with Crippen LogP contribution in [0, 0.1) is 5.92 Å². The van der Waals surface area contributed by atoms with E-state index in [2.05, 4.69) is 12.2 Å². The number of unbranched alkanes of at least 4 members (excludes halogenated alkanes) is 1. The van der Waals surface area contributed by atoms with Crippen LogP contribution < -0.4 is 10.1 Å². The highest BCUT2D eigenvalue weighted by atomic mass is 16.5. The maximum atomic E-state index is 12.2. The third-order valence-electron chi connectivity index (χ3n) is 4.75. The molecule has 1 fully saturated rings. The van der Waals surface area contributed by atoms with Gasteiger partial charge in [-0.1, -0.05) is 44.4 Å². The van der Waals surface area contributed by atoms with Gasteiger partial charge < -0.3 is 10.1 Å². The molecule has 3 nitrogen and oxygen atoms in total. The number of nitrogens with one attached hydrogen (secondary N) is 1. The summed E-state index contributed by atoms with van der Waals surface area (Å²) in [7, 11) is 1.68. The monoisotopic (exact) mass is 303 g/mol. The van der Waals surface area contributed by atoms with Crippen LogP contribution in [0.5, 0.6) is 5.75 Å². The molecule has 0 bridgehead atoms. The van der Waals surface area contributed by atoms with Crippen LogP contribution in [0.2, 0.25) is 0 Å². The lowest BCUT2D eigenvalue weighted by atomic mass is 9.96. The summed E-state index contributed by atoms with van der Waals surface area (Å²) in [5, 5.41) is 3.27. The lowest BCUT2D eigenvalue weighted by Crippen LogP contribution is -2.37. The summed E-state index contributed by atoms with van der Waals surface area (Å²) in [5.74, 6) is 1.74. The Balaban J connectivity index is 1.80. The molecule has 1 N–H and O–H groups in total. The maximum Gasteiger partial charge on any atom is 0.220 e. The van der Waals surface area contributed by atoms with Gasteiger partial charge in [0.1, 0.15) is 5.75 Å². The van der Waals surface area contributed by atoms with Crippen molar-refractivity contribution >= 4 is 5.91 Å². The van der Waals surface area contributed by atoms with Gasteiger partial charge in [0, 0.05) is 12.5 Å². The van der Waals surface area contributed by atoms with Gasteiger partial charge in [0.15, 0.2) is 0 Å². The molecule has 2 unspecified atom stereocenters. The molecule has 0 spiro atoms. The van der Waals surface area contributed by atoms with Gasteiger partial charge in [-0.3, -0.25) is 4.79 Å². The van der Waals surface area contributed by atoms with Crippen LogP contribution in [0.25, 0.3) is 0 Å². The molecule has 1 aromatic carbocycles. The van der Waals surface area contributed by atoms with Crippen molar-refractivity contribution in [3.63, 3.8) is 0 Å². The van der Waals surface area contributed by atoms with Gasteiger partial charge >= 0.3 is 0 Å². The van der Waals surface area contributed by atoms with E-state index in [-0.39, 0.29) is 5.91 Å². The van der Waals surface area contributed by atoms with Crippen molar-refractivity contribution in [2.75, 3.05) is 7.11 Å². The highest BCUT2D eigenvalue weighted by Crippen LogP contribution is 2.30. The van der Waals surface area contributed by atoms with E-state index in [0.717, 1.165) is 24.2 Å². The lowest BCUT2D eigenvalue weighted by Gasteiger charge is -2.21. The first kappa shape index (κ1) is 16.9. The van der Waals surface area contributed by atoms with Gasteiger partial charge in [-0.25, -0.2) is 0 Å². The van der Waals surface area contributed by atoms with Crippen LogP contribution in [-0.2, 0) is 11.2 Å². The fourth-order valence-electron chi connectivity index (χ4n) is 3.48. The highest BCUT2D eigenvalue weighted by molar-refractivity contribution is 5.76. The number of aryl methyl sites for hydroxylation is 1. The van der Waals surface area contributed by atoms with Crippen LogP contribution in [0.4, 0.5) is 0 Å². The number of para-hydroxylation sites is 1. The molecule has 0 radical (unpaired) electrons. The normalized spacial score (nSPS) is 20.8. The largest absolute Gasteiger partial charge is 0.496 e. The van der Waals surface area contributed by atoms with E-state index >= 15 is 0 Å². The van der Waals surface area contributed by atoms with Gasteiger partial charge in [0.25, 0.3) is 0 Å². The van der Waals surface area contributed by atoms with Crippen molar-refractivity contribution < 1.29 is 9.53 Å². The summed E-state index contributed by atoms with van der Waals surface area (Å²) < 4.78 is 5.34. The second kappa shape index (κ2) is 8.82. The molecule has 122 valence electrons. The van der Waals surface area contributed by atoms with Gasteiger partial charge in [0.2, 0.25) is 5.91 Å². The number of ether oxygens (including phenoxy) is 1. The maximum absolute atomic E-state index is 12.2. The van der Waals surface area contributed by atoms with Crippen molar-refractivity contribution in [2.45, 2.75) is 64.3 Å². The highest BCUT2D eigenvalue weighted by Gasteiger charge is 2.27. The van der Waals surface area contributed by atoms with E-state index in [0.29, 0.717) is 18.4 Å². The minimum atomic E-state index is 0.180. The van der Waals surface area contributed by atoms with E-state index < -0.39 is 0 Å². The predicted octanol–water partition coefficient (Wildman–Crippen LogP) is 4.10. The molecule has 0 aromatic heterocycles. The minimum Gasteiger partial charge on any atom is -0.496 e. The summed E-state index contributed by atoms with van der Waals surface area (Å²) >= 11 is 0. The molecule has 0 heterocycles. The third kappa shape index (κ3) is 4.75. The first-order valence-corrected chi connectivity index (χ1v) is 8.65. The summed E-state index contributed by atoms with van der Waals surface area (Å²) in [4.78, 5) is 12.2. The predicted molar refractivity (Wildman–Crippen MR) is 90.1 cm³/mol. The smallest absolute Gasteiger partial charge is 0.220 e. The first-order chi connectivity index (χ1) is 10.7. The fourth-order valence-corrected chi connectivity index (χ4v) is 3.48. The molecular weight excluding hydrogens is 274 g/mol. The van der Waals surface area contributed by atoms with Gasteiger partial charge in [-0.05, 0) is 43.2 Å². The summed E-state index contributed by atoms with van der Waals surface area (Å²) in [6.07, 6.45) is 8.73. The second-order valence-corrected chi connectivity index (χ2v) is 6.32. The van der Waals surface area contributed by atoms with E-state index in [1.807, 2.05) is 24.3 Å². The van der Waals surface area contributed by atoms with Crippen LogP contribution in [0.3, 0.4) is 0 Å². The van der Waals surface area contributed by atoms with E-state index in [4.69, 9.17) is 4.74 Å². The Morgan fingerprint density at radius 2 is 2.14 bits per heavy atom. The molecule has 0 aliphatic heterocycles. The molecule has 2 atom stereocenters. The first-order valence-electron chi connectivity index (χ1n) is 8.65. The molecule has 2 rings (SSSR count). The number of benzene rings is 1. The van der Waals surface area contributed by atoms with E-state index in [1.165, 1.54) is 32.1 Å². The fraction of sp³-hybridized carbons (Fsp3) is 0.632. The molecule has 1 aliphatic carbocycles. The van der Waals surface area contributed by atoms with Crippen molar-refractivity contribution in [3.8, 4) is 5.75 Å². The quantitative estimate of drug-likeness (QED) is 0.785. The van der Waals surface area contributed by atoms with Gasteiger partial charge in [-0.2, -0.15) is 0 Å². The Bertz CT molecular complexity index is 472. The molecule has 22 heavy (non-hydrogen) atoms. The number of carbonyl (C=O) groups excluding carboxylic acids is 1. The third-order valence-corrected chi connectivity index (χ3v) is 4.75. The Labute approximate surface area is 134 Å². The number of hydrogen-bond acceptors (Lipinski definition) is 2. The average molecular weight is 303 g/mol. The topological polar surface area (TPSA) is 38.3 Å². The summed E-state index contributed by atoms with van der Waals surface area (Å²) in [6.45, 7) is 2.23. The van der Waals surface area contributed by atoms with E-state index in [9.17, 15) is 4.79 Å². The summed E-state index contributed by atoms with van der Waals surface area (Å²) in [6, 6.07) is 8.33. The number of methoxy groups -OCH3 is 1. The molecule has 1 saturated carbocycles. The Morgan fingerprint density at radius 1 is 1.32 bits per heavy atom. The Kier molecular flexibility index (Phi) is 6.75. The number of rotatable bonds is 8. The van der Waals surface area contributed by atoms with Crippen molar-refractivity contribution in [3.05, 3.63) is 29.8 Å². The summed E-state index contributed by atoms with van der Waals surface area (Å²) in [5.41, 5.74) is 1.11. The van der Waals surface area contributed by atoms with Crippen molar-refractivity contribution in [2.24, 2.45) is 5.92 Å². The zero-order chi connectivity index (χ0) is 15.8. The van der Waals surface area contributed by atoms with Crippen LogP contribution in [-0.4, -0.2) is 19.1 Å². The standard InChI is InChI=1S/C19H29NO2/c1-3-4-8-15-10-7-11-17(15)20-19(21)14-13-16-9-5-6-12-18(16)22-2/h5-6,9,12,15,17H,3-4,7-8,10-11,13-14H2,1-2H3,(H,20,21).